The molecule has 3 heteroatoms. The quantitative estimate of drug-likeness (QED) is 0.579. The van der Waals surface area contributed by atoms with E-state index >= 15 is 0 Å². The van der Waals surface area contributed by atoms with Gasteiger partial charge in [0.1, 0.15) is 0 Å². The van der Waals surface area contributed by atoms with Gasteiger partial charge < -0.3 is 10.1 Å². The second kappa shape index (κ2) is 10.2. The topological polar surface area (TPSA) is 21.3 Å². The summed E-state index contributed by atoms with van der Waals surface area (Å²) in [4.78, 5) is 1.33. The summed E-state index contributed by atoms with van der Waals surface area (Å²) in [5, 5.41) is 3.75. The molecule has 2 aliphatic rings. The number of rotatable bonds is 4. The van der Waals surface area contributed by atoms with Gasteiger partial charge >= 0.3 is 0 Å². The molecule has 0 saturated carbocycles. The van der Waals surface area contributed by atoms with Crippen molar-refractivity contribution in [3.63, 3.8) is 0 Å². The summed E-state index contributed by atoms with van der Waals surface area (Å²) in [6, 6.07) is 7.19. The van der Waals surface area contributed by atoms with Crippen molar-refractivity contribution in [1.82, 2.24) is 0 Å². The Morgan fingerprint density at radius 1 is 1.31 bits per heavy atom. The summed E-state index contributed by atoms with van der Waals surface area (Å²) in [6.45, 7) is 11.5. The average Bonchev–Trinajstić information content (AvgIpc) is 2.69. The molecule has 1 aromatic rings. The summed E-state index contributed by atoms with van der Waals surface area (Å²) >= 11 is 1.79. The van der Waals surface area contributed by atoms with Crippen LogP contribution in [0.25, 0.3) is 0 Å². The van der Waals surface area contributed by atoms with Crippen molar-refractivity contribution in [1.29, 1.82) is 0 Å². The number of benzene rings is 1. The van der Waals surface area contributed by atoms with Gasteiger partial charge in [-0.1, -0.05) is 58.1 Å². The largest absolute Gasteiger partial charge is 0.378 e. The molecule has 2 aliphatic heterocycles. The highest BCUT2D eigenvalue weighted by Crippen LogP contribution is 2.44. The molecule has 3 rings (SSSR count). The zero-order valence-electron chi connectivity index (χ0n) is 17.2. The Hall–Kier alpha value is -1.19. The summed E-state index contributed by atoms with van der Waals surface area (Å²) in [5.41, 5.74) is 3.99. The Morgan fingerprint density at radius 2 is 2.08 bits per heavy atom. The summed E-state index contributed by atoms with van der Waals surface area (Å²) in [7, 11) is 0. The third-order valence-electron chi connectivity index (χ3n) is 5.17. The minimum Gasteiger partial charge on any atom is -0.378 e. The fourth-order valence-corrected chi connectivity index (χ4v) is 3.87. The summed E-state index contributed by atoms with van der Waals surface area (Å²) in [6.07, 6.45) is 11.4. The summed E-state index contributed by atoms with van der Waals surface area (Å²) in [5.74, 6) is 1.07. The van der Waals surface area contributed by atoms with E-state index in [9.17, 15) is 0 Å². The first-order valence-electron chi connectivity index (χ1n) is 10.0. The van der Waals surface area contributed by atoms with Gasteiger partial charge in [-0.15, -0.1) is 11.8 Å². The maximum absolute atomic E-state index is 6.23. The predicted molar refractivity (Wildman–Crippen MR) is 117 cm³/mol. The third-order valence-corrected chi connectivity index (χ3v) is 5.95. The van der Waals surface area contributed by atoms with E-state index < -0.39 is 0 Å². The molecule has 0 bridgehead atoms. The molecule has 26 heavy (non-hydrogen) atoms. The Morgan fingerprint density at radius 3 is 2.77 bits per heavy atom. The Bertz CT molecular complexity index is 635. The van der Waals surface area contributed by atoms with Crippen LogP contribution in [0.2, 0.25) is 0 Å². The number of ether oxygens (including phenoxy) is 1. The molecule has 0 aromatic heterocycles. The zero-order chi connectivity index (χ0) is 19.1. The highest BCUT2D eigenvalue weighted by Gasteiger charge is 2.38. The number of nitrogens with one attached hydrogen (secondary N) is 1. The van der Waals surface area contributed by atoms with E-state index in [2.05, 4.69) is 68.8 Å². The van der Waals surface area contributed by atoms with Gasteiger partial charge in [-0.25, -0.2) is 0 Å². The molecular weight excluding hydrogens is 338 g/mol. The second-order valence-corrected chi connectivity index (χ2v) is 8.19. The van der Waals surface area contributed by atoms with Crippen molar-refractivity contribution < 1.29 is 4.74 Å². The molecule has 1 fully saturated rings. The van der Waals surface area contributed by atoms with Crippen molar-refractivity contribution in [2.45, 2.75) is 65.5 Å². The van der Waals surface area contributed by atoms with Gasteiger partial charge in [-0.2, -0.15) is 0 Å². The molecule has 0 spiro atoms. The van der Waals surface area contributed by atoms with Crippen molar-refractivity contribution in [2.24, 2.45) is 5.92 Å². The minimum absolute atomic E-state index is 0.231. The molecule has 1 N–H and O–H groups in total. The fourth-order valence-electron chi connectivity index (χ4n) is 3.66. The number of hydrogen-bond acceptors (Lipinski definition) is 3. The van der Waals surface area contributed by atoms with Crippen molar-refractivity contribution in [3.8, 4) is 0 Å². The molecule has 3 atom stereocenters. The molecule has 1 unspecified atom stereocenters. The van der Waals surface area contributed by atoms with E-state index in [0.717, 1.165) is 13.0 Å². The molecule has 1 aromatic carbocycles. The van der Waals surface area contributed by atoms with Gasteiger partial charge in [-0.3, -0.25) is 0 Å². The van der Waals surface area contributed by atoms with Crippen molar-refractivity contribution >= 4 is 17.4 Å². The van der Waals surface area contributed by atoms with E-state index in [4.69, 9.17) is 4.74 Å². The first-order chi connectivity index (χ1) is 12.6. The minimum atomic E-state index is 0.231. The number of allylic oxidation sites excluding steroid dienone is 3. The number of fused-ring (bicyclic) bond motifs is 3. The maximum Gasteiger partial charge on any atom is 0.0895 e. The maximum atomic E-state index is 6.23. The third kappa shape index (κ3) is 4.95. The van der Waals surface area contributed by atoms with E-state index in [1.54, 1.807) is 11.8 Å². The lowest BCUT2D eigenvalue weighted by Gasteiger charge is -2.42. The van der Waals surface area contributed by atoms with Crippen LogP contribution in [0.15, 0.2) is 41.3 Å². The first kappa shape index (κ1) is 21.1. The van der Waals surface area contributed by atoms with Gasteiger partial charge in [0.2, 0.25) is 0 Å². The highest BCUT2D eigenvalue weighted by molar-refractivity contribution is 8.02. The van der Waals surface area contributed by atoms with Crippen LogP contribution in [0.1, 0.15) is 70.6 Å². The number of anilines is 1. The molecule has 2 heterocycles. The van der Waals surface area contributed by atoms with Crippen LogP contribution in [0.5, 0.6) is 0 Å². The van der Waals surface area contributed by atoms with Crippen LogP contribution in [-0.4, -0.2) is 18.9 Å². The van der Waals surface area contributed by atoms with Gasteiger partial charge in [0, 0.05) is 23.8 Å². The average molecular weight is 374 g/mol. The van der Waals surface area contributed by atoms with Crippen LogP contribution in [0.3, 0.4) is 0 Å². The standard InChI is InChI=1S/C21H29NOS.C2H6/c1-14(2)16-10-11-20-18(13-16)21-17(8-6-12-23-21)19(22-20)9-5-7-15(3)24-4;1-2/h5,7,9-11,13-14,17,19,21-22H,6,8,12H2,1-4H3;1-2H3/b9-5+,15-7-;/t17-,19-,21?;/m0./s1. The van der Waals surface area contributed by atoms with Crippen LogP contribution < -0.4 is 5.32 Å². The molecule has 0 aliphatic carbocycles. The molecular formula is C23H35NOS. The Kier molecular flexibility index (Phi) is 8.30. The zero-order valence-corrected chi connectivity index (χ0v) is 18.0. The molecule has 0 amide bonds. The predicted octanol–water partition coefficient (Wildman–Crippen LogP) is 6.92. The first-order valence-corrected chi connectivity index (χ1v) is 11.2. The lowest BCUT2D eigenvalue weighted by Crippen LogP contribution is -2.40. The number of hydrogen-bond donors (Lipinski definition) is 1. The number of thioether (sulfide) groups is 1. The van der Waals surface area contributed by atoms with E-state index in [1.807, 2.05) is 13.8 Å². The van der Waals surface area contributed by atoms with Crippen LogP contribution >= 0.6 is 11.8 Å². The summed E-state index contributed by atoms with van der Waals surface area (Å²) < 4.78 is 6.23. The normalized spacial score (nSPS) is 25.2. The molecule has 1 saturated heterocycles. The Balaban J connectivity index is 0.00000117. The van der Waals surface area contributed by atoms with E-state index in [-0.39, 0.29) is 6.10 Å². The monoisotopic (exact) mass is 373 g/mol. The Labute approximate surface area is 164 Å². The lowest BCUT2D eigenvalue weighted by atomic mass is 9.79. The highest BCUT2D eigenvalue weighted by atomic mass is 32.2. The lowest BCUT2D eigenvalue weighted by molar-refractivity contribution is -0.0331. The van der Waals surface area contributed by atoms with Gasteiger partial charge in [0.25, 0.3) is 0 Å². The smallest absolute Gasteiger partial charge is 0.0895 e. The van der Waals surface area contributed by atoms with Gasteiger partial charge in [0.05, 0.1) is 12.1 Å². The molecule has 144 valence electrons. The van der Waals surface area contributed by atoms with E-state index in [0.29, 0.717) is 17.9 Å². The molecule has 2 nitrogen and oxygen atoms in total. The van der Waals surface area contributed by atoms with Crippen LogP contribution in [0, 0.1) is 5.92 Å². The van der Waals surface area contributed by atoms with Crippen LogP contribution in [-0.2, 0) is 4.74 Å². The fraction of sp³-hybridized carbons (Fsp3) is 0.565. The van der Waals surface area contributed by atoms with E-state index in [1.165, 1.54) is 28.1 Å². The van der Waals surface area contributed by atoms with Gasteiger partial charge in [0.15, 0.2) is 0 Å². The second-order valence-electron chi connectivity index (χ2n) is 7.14. The molecule has 0 radical (unpaired) electrons. The SMILES string of the molecule is CC.CS/C(C)=C\C=C\[C@@H]1Nc2ccc(C(C)C)cc2C2OCCC[C@H]21. The van der Waals surface area contributed by atoms with Crippen molar-refractivity contribution in [3.05, 3.63) is 52.5 Å². The van der Waals surface area contributed by atoms with Gasteiger partial charge in [-0.05, 0) is 48.5 Å². The van der Waals surface area contributed by atoms with Crippen LogP contribution in [0.4, 0.5) is 5.69 Å². The van der Waals surface area contributed by atoms with Crippen molar-refractivity contribution in [2.75, 3.05) is 18.2 Å².